The molecule has 3 aliphatic rings. The molecule has 5 atom stereocenters. The predicted octanol–water partition coefficient (Wildman–Crippen LogP) is 3.61. The van der Waals surface area contributed by atoms with Crippen LogP contribution >= 0.6 is 0 Å². The first kappa shape index (κ1) is 11.1. The molecule has 0 aromatic heterocycles. The van der Waals surface area contributed by atoms with Crippen molar-refractivity contribution in [1.82, 2.24) is 0 Å². The van der Waals surface area contributed by atoms with Crippen LogP contribution in [-0.2, 0) is 0 Å². The molecule has 0 radical (unpaired) electrons. The Morgan fingerprint density at radius 1 is 0.938 bits per heavy atom. The van der Waals surface area contributed by atoms with E-state index in [0.29, 0.717) is 16.7 Å². The van der Waals surface area contributed by atoms with Crippen LogP contribution in [0.15, 0.2) is 0 Å². The Bertz CT molecular complexity index is 321. The zero-order valence-corrected chi connectivity index (χ0v) is 11.2. The highest BCUT2D eigenvalue weighted by atomic mass is 16.3. The molecule has 0 unspecified atom stereocenters. The minimum absolute atomic E-state index is 0.0495. The number of hydrogen-bond donors (Lipinski definition) is 1. The Balaban J connectivity index is 2.12. The van der Waals surface area contributed by atoms with E-state index in [0.717, 1.165) is 5.92 Å². The van der Waals surface area contributed by atoms with E-state index in [-0.39, 0.29) is 11.5 Å². The minimum Gasteiger partial charge on any atom is -0.392 e. The quantitative estimate of drug-likeness (QED) is 0.664. The van der Waals surface area contributed by atoms with Gasteiger partial charge in [0.1, 0.15) is 0 Å². The van der Waals surface area contributed by atoms with Crippen LogP contribution < -0.4 is 0 Å². The lowest BCUT2D eigenvalue weighted by Crippen LogP contribution is -2.43. The van der Waals surface area contributed by atoms with E-state index in [1.807, 2.05) is 0 Å². The van der Waals surface area contributed by atoms with Gasteiger partial charge in [-0.3, -0.25) is 0 Å². The van der Waals surface area contributed by atoms with Crippen LogP contribution in [0.4, 0.5) is 0 Å². The van der Waals surface area contributed by atoms with Crippen molar-refractivity contribution in [2.45, 2.75) is 65.9 Å². The van der Waals surface area contributed by atoms with Crippen LogP contribution in [0.3, 0.4) is 0 Å². The molecule has 1 nitrogen and oxygen atoms in total. The van der Waals surface area contributed by atoms with E-state index in [1.165, 1.54) is 32.1 Å². The van der Waals surface area contributed by atoms with Crippen LogP contribution in [-0.4, -0.2) is 11.2 Å². The molecule has 3 rings (SSSR count). The first-order chi connectivity index (χ1) is 7.33. The fourth-order valence-corrected chi connectivity index (χ4v) is 5.68. The van der Waals surface area contributed by atoms with Gasteiger partial charge >= 0.3 is 0 Å². The summed E-state index contributed by atoms with van der Waals surface area (Å²) in [4.78, 5) is 0. The Morgan fingerprint density at radius 2 is 1.62 bits per heavy atom. The second-order valence-corrected chi connectivity index (χ2v) is 7.79. The van der Waals surface area contributed by atoms with E-state index in [2.05, 4.69) is 27.7 Å². The molecule has 1 N–H and O–H groups in total. The lowest BCUT2D eigenvalue weighted by Gasteiger charge is -2.44. The molecule has 3 fully saturated rings. The zero-order valence-electron chi connectivity index (χ0n) is 11.2. The Labute approximate surface area is 99.6 Å². The van der Waals surface area contributed by atoms with Crippen molar-refractivity contribution in [3.05, 3.63) is 0 Å². The lowest BCUT2D eigenvalue weighted by molar-refractivity contribution is -0.0578. The number of rotatable bonds is 0. The van der Waals surface area contributed by atoms with Gasteiger partial charge in [0.2, 0.25) is 0 Å². The van der Waals surface area contributed by atoms with E-state index >= 15 is 0 Å². The maximum absolute atomic E-state index is 10.8. The van der Waals surface area contributed by atoms with Crippen molar-refractivity contribution < 1.29 is 5.11 Å². The molecule has 0 spiro atoms. The highest BCUT2D eigenvalue weighted by Gasteiger charge is 2.70. The average Bonchev–Trinajstić information content (AvgIpc) is 2.47. The third-order valence-electron chi connectivity index (χ3n) is 6.94. The van der Waals surface area contributed by atoms with Gasteiger partial charge in [-0.25, -0.2) is 0 Å². The highest BCUT2D eigenvalue weighted by Crippen LogP contribution is 2.74. The summed E-state index contributed by atoms with van der Waals surface area (Å²) in [5.74, 6) is 1.34. The van der Waals surface area contributed by atoms with Crippen LogP contribution in [0.1, 0.15) is 59.8 Å². The van der Waals surface area contributed by atoms with Crippen molar-refractivity contribution in [1.29, 1.82) is 0 Å². The summed E-state index contributed by atoms with van der Waals surface area (Å²) in [5, 5.41) is 10.8. The second kappa shape index (κ2) is 2.85. The molecule has 92 valence electrons. The van der Waals surface area contributed by atoms with E-state index in [1.54, 1.807) is 0 Å². The Morgan fingerprint density at radius 3 is 2.31 bits per heavy atom. The molecule has 1 heteroatoms. The normalized spacial score (nSPS) is 58.7. The van der Waals surface area contributed by atoms with E-state index in [4.69, 9.17) is 0 Å². The fourth-order valence-electron chi connectivity index (χ4n) is 5.68. The Hall–Kier alpha value is -0.0400. The average molecular weight is 222 g/mol. The van der Waals surface area contributed by atoms with Gasteiger partial charge in [-0.15, -0.1) is 0 Å². The zero-order chi connectivity index (χ0) is 11.8. The number of aliphatic hydroxyl groups is 1. The summed E-state index contributed by atoms with van der Waals surface area (Å²) in [6.45, 7) is 9.60. The molecule has 0 saturated heterocycles. The van der Waals surface area contributed by atoms with Gasteiger partial charge < -0.3 is 5.11 Å². The van der Waals surface area contributed by atoms with E-state index in [9.17, 15) is 5.11 Å². The van der Waals surface area contributed by atoms with Gasteiger partial charge in [-0.1, -0.05) is 34.1 Å². The molecule has 0 heterocycles. The molecule has 3 aliphatic carbocycles. The van der Waals surface area contributed by atoms with Gasteiger partial charge in [0.15, 0.2) is 0 Å². The summed E-state index contributed by atoms with van der Waals surface area (Å²) in [7, 11) is 0. The largest absolute Gasteiger partial charge is 0.392 e. The van der Waals surface area contributed by atoms with Gasteiger partial charge in [-0.2, -0.15) is 0 Å². The molecule has 0 aromatic carbocycles. The molecule has 0 aromatic rings. The van der Waals surface area contributed by atoms with Crippen molar-refractivity contribution in [2.24, 2.45) is 28.1 Å². The highest BCUT2D eigenvalue weighted by molar-refractivity contribution is 5.19. The predicted molar refractivity (Wildman–Crippen MR) is 66.1 cm³/mol. The summed E-state index contributed by atoms with van der Waals surface area (Å²) < 4.78 is 0. The number of hydrogen-bond acceptors (Lipinski definition) is 1. The monoisotopic (exact) mass is 222 g/mol. The molecule has 16 heavy (non-hydrogen) atoms. The summed E-state index contributed by atoms with van der Waals surface area (Å²) in [5.41, 5.74) is 0.977. The minimum atomic E-state index is -0.0495. The lowest BCUT2D eigenvalue weighted by atomic mass is 9.63. The third kappa shape index (κ3) is 0.978. The molecule has 4 bridgehead atoms. The topological polar surface area (TPSA) is 20.2 Å². The maximum Gasteiger partial charge on any atom is 0.0635 e. The van der Waals surface area contributed by atoms with Crippen molar-refractivity contribution in [3.8, 4) is 0 Å². The molecule has 0 aliphatic heterocycles. The molecular weight excluding hydrogens is 196 g/mol. The molecule has 0 amide bonds. The Kier molecular flexibility index (Phi) is 1.98. The second-order valence-electron chi connectivity index (χ2n) is 7.79. The van der Waals surface area contributed by atoms with Crippen molar-refractivity contribution >= 4 is 0 Å². The van der Waals surface area contributed by atoms with Crippen molar-refractivity contribution in [2.75, 3.05) is 0 Å². The van der Waals surface area contributed by atoms with Gasteiger partial charge in [0.05, 0.1) is 6.10 Å². The molecular formula is C15H26O. The summed E-state index contributed by atoms with van der Waals surface area (Å²) in [6.07, 6.45) is 6.56. The first-order valence-corrected chi connectivity index (χ1v) is 7.01. The summed E-state index contributed by atoms with van der Waals surface area (Å²) in [6, 6.07) is 0. The van der Waals surface area contributed by atoms with Gasteiger partial charge in [-0.05, 0) is 53.8 Å². The van der Waals surface area contributed by atoms with Crippen LogP contribution in [0.5, 0.6) is 0 Å². The van der Waals surface area contributed by atoms with Crippen LogP contribution in [0, 0.1) is 28.1 Å². The maximum atomic E-state index is 10.8. The van der Waals surface area contributed by atoms with Crippen molar-refractivity contribution in [3.63, 3.8) is 0 Å². The van der Waals surface area contributed by atoms with Gasteiger partial charge in [0.25, 0.3) is 0 Å². The number of aliphatic hydroxyl groups excluding tert-OH is 1. The SMILES string of the molecule is CC1(C)CCC[C@@]2(C)[C@@H]3CC[C@@]2(C)[C@@H](O)[C@@H]31. The van der Waals surface area contributed by atoms with Crippen LogP contribution in [0.2, 0.25) is 0 Å². The van der Waals surface area contributed by atoms with E-state index < -0.39 is 0 Å². The molecule has 3 saturated carbocycles. The fraction of sp³-hybridized carbons (Fsp3) is 1.00. The summed E-state index contributed by atoms with van der Waals surface area (Å²) >= 11 is 0. The first-order valence-electron chi connectivity index (χ1n) is 7.01. The third-order valence-corrected chi connectivity index (χ3v) is 6.94. The van der Waals surface area contributed by atoms with Gasteiger partial charge in [0, 0.05) is 0 Å². The van der Waals surface area contributed by atoms with Crippen LogP contribution in [0.25, 0.3) is 0 Å². The smallest absolute Gasteiger partial charge is 0.0635 e. The standard InChI is InChI=1S/C15H26O/c1-13(2)7-5-8-14(3)10-6-9-15(14,4)12(16)11(10)13/h10-12,16H,5-9H2,1-4H3/t10-,11-,12+,14+,15+/m1/s1.